The second-order valence-electron chi connectivity index (χ2n) is 13.5. The van der Waals surface area contributed by atoms with Crippen LogP contribution in [0.25, 0.3) is 22.5 Å². The minimum atomic E-state index is -1.25. The van der Waals surface area contributed by atoms with Gasteiger partial charge in [0.15, 0.2) is 0 Å². The van der Waals surface area contributed by atoms with Gasteiger partial charge in [-0.1, -0.05) is 49.8 Å². The average Bonchev–Trinajstić information content (AvgIpc) is 3.71. The number of carbonyl (C=O) groups excluding carboxylic acids is 2. The molecular formula is C34H41ClN8O3Si. The van der Waals surface area contributed by atoms with Crippen LogP contribution in [0.1, 0.15) is 49.9 Å². The summed E-state index contributed by atoms with van der Waals surface area (Å²) in [5.74, 6) is -0.359. The number of fused-ring (bicyclic) bond motifs is 4. The fraction of sp³-hybridized carbons (Fsp3) is 0.412. The Morgan fingerprint density at radius 2 is 1.96 bits per heavy atom. The van der Waals surface area contributed by atoms with E-state index in [-0.39, 0.29) is 30.5 Å². The third-order valence-corrected chi connectivity index (χ3v) is 10.8. The first kappa shape index (κ1) is 32.8. The molecule has 2 amide bonds. The second-order valence-corrected chi connectivity index (χ2v) is 19.6. The molecule has 3 aromatic heterocycles. The standard InChI is InChI=1S/C34H41ClN8O3Si/c1-23-6-5-7-31(41-14-11-24(19-32(41)44)27-20-26(35)8-9-30(27)42-15-13-37-40-42)28-18-25(10-12-36-28)33-29(39-34(23)45)21-38-43(33)22-46-16-17-47(2,3)4/h8-10,12-13,15,18-21,23,31H,5-7,11,14,16-17,22H2,1-4H3,(H,39,45)/t23-,31?/m1/s1. The van der Waals surface area contributed by atoms with Crippen LogP contribution < -0.4 is 5.32 Å². The van der Waals surface area contributed by atoms with Crippen LogP contribution in [0.3, 0.4) is 0 Å². The molecule has 47 heavy (non-hydrogen) atoms. The second kappa shape index (κ2) is 13.9. The number of aromatic nitrogens is 6. The van der Waals surface area contributed by atoms with Gasteiger partial charge in [-0.2, -0.15) is 5.10 Å². The summed E-state index contributed by atoms with van der Waals surface area (Å²) in [6, 6.07) is 10.3. The van der Waals surface area contributed by atoms with E-state index in [0.717, 1.165) is 46.2 Å². The number of rotatable bonds is 8. The molecule has 0 aliphatic carbocycles. The summed E-state index contributed by atoms with van der Waals surface area (Å²) in [7, 11) is -1.25. The van der Waals surface area contributed by atoms with Crippen molar-refractivity contribution in [1.82, 2.24) is 34.7 Å². The fourth-order valence-corrected chi connectivity index (χ4v) is 7.06. The van der Waals surface area contributed by atoms with E-state index in [0.29, 0.717) is 43.1 Å². The van der Waals surface area contributed by atoms with Gasteiger partial charge in [0.1, 0.15) is 6.73 Å². The zero-order chi connectivity index (χ0) is 33.1. The van der Waals surface area contributed by atoms with E-state index in [1.54, 1.807) is 46.3 Å². The Morgan fingerprint density at radius 1 is 1.11 bits per heavy atom. The lowest BCUT2D eigenvalue weighted by Crippen LogP contribution is -2.38. The lowest BCUT2D eigenvalue weighted by Gasteiger charge is -2.34. The zero-order valence-corrected chi connectivity index (χ0v) is 29.1. The number of carbonyl (C=O) groups is 2. The van der Waals surface area contributed by atoms with Crippen molar-refractivity contribution in [2.75, 3.05) is 18.5 Å². The van der Waals surface area contributed by atoms with Crippen LogP contribution in [0.5, 0.6) is 0 Å². The lowest BCUT2D eigenvalue weighted by molar-refractivity contribution is -0.129. The molecule has 13 heteroatoms. The van der Waals surface area contributed by atoms with Gasteiger partial charge in [0.05, 0.1) is 47.4 Å². The summed E-state index contributed by atoms with van der Waals surface area (Å²) in [6.45, 7) is 10.3. The maximum Gasteiger partial charge on any atom is 0.247 e. The summed E-state index contributed by atoms with van der Waals surface area (Å²) in [6.07, 6.45) is 11.3. The molecule has 2 aliphatic heterocycles. The van der Waals surface area contributed by atoms with E-state index in [9.17, 15) is 9.59 Å². The summed E-state index contributed by atoms with van der Waals surface area (Å²) >= 11 is 6.41. The van der Waals surface area contributed by atoms with Gasteiger partial charge in [-0.05, 0) is 61.2 Å². The van der Waals surface area contributed by atoms with E-state index in [2.05, 4.69) is 40.4 Å². The normalized spacial score (nSPS) is 19.0. The highest BCUT2D eigenvalue weighted by atomic mass is 35.5. The molecule has 11 nitrogen and oxygen atoms in total. The Balaban J connectivity index is 1.32. The molecule has 0 saturated carbocycles. The van der Waals surface area contributed by atoms with E-state index < -0.39 is 8.07 Å². The van der Waals surface area contributed by atoms with Gasteiger partial charge in [0, 0.05) is 55.6 Å². The van der Waals surface area contributed by atoms with Crippen LogP contribution in [-0.2, 0) is 21.1 Å². The maximum absolute atomic E-state index is 13.9. The lowest BCUT2D eigenvalue weighted by atomic mass is 9.93. The molecule has 1 N–H and O–H groups in total. The summed E-state index contributed by atoms with van der Waals surface area (Å²) in [4.78, 5) is 33.9. The molecule has 5 heterocycles. The molecule has 1 aromatic carbocycles. The highest BCUT2D eigenvalue weighted by molar-refractivity contribution is 6.76. The summed E-state index contributed by atoms with van der Waals surface area (Å²) in [5, 5.41) is 16.4. The number of pyridine rings is 1. The predicted molar refractivity (Wildman–Crippen MR) is 185 cm³/mol. The quantitative estimate of drug-likeness (QED) is 0.165. The maximum atomic E-state index is 13.9. The Morgan fingerprint density at radius 3 is 2.72 bits per heavy atom. The van der Waals surface area contributed by atoms with Crippen molar-refractivity contribution in [2.24, 2.45) is 5.92 Å². The monoisotopic (exact) mass is 672 g/mol. The molecule has 2 bridgehead atoms. The van der Waals surface area contributed by atoms with Crippen molar-refractivity contribution < 1.29 is 14.3 Å². The van der Waals surface area contributed by atoms with E-state index >= 15 is 0 Å². The Kier molecular flexibility index (Phi) is 9.71. The fourth-order valence-electron chi connectivity index (χ4n) is 6.13. The number of hydrogen-bond donors (Lipinski definition) is 1. The zero-order valence-electron chi connectivity index (χ0n) is 27.3. The van der Waals surface area contributed by atoms with Gasteiger partial charge in [-0.15, -0.1) is 5.10 Å². The van der Waals surface area contributed by atoms with Crippen molar-refractivity contribution in [3.63, 3.8) is 0 Å². The van der Waals surface area contributed by atoms with Crippen LogP contribution in [0.4, 0.5) is 5.69 Å². The van der Waals surface area contributed by atoms with Crippen molar-refractivity contribution in [1.29, 1.82) is 0 Å². The Hall–Kier alpha value is -4.13. The van der Waals surface area contributed by atoms with Gasteiger partial charge in [-0.25, -0.2) is 9.36 Å². The van der Waals surface area contributed by atoms with Gasteiger partial charge < -0.3 is 15.0 Å². The van der Waals surface area contributed by atoms with Crippen LogP contribution in [0.2, 0.25) is 30.7 Å². The van der Waals surface area contributed by atoms with Crippen molar-refractivity contribution in [2.45, 2.75) is 71.1 Å². The number of benzene rings is 1. The van der Waals surface area contributed by atoms with E-state index in [4.69, 9.17) is 21.3 Å². The van der Waals surface area contributed by atoms with Crippen molar-refractivity contribution >= 4 is 42.7 Å². The smallest absolute Gasteiger partial charge is 0.247 e. The number of nitrogens with zero attached hydrogens (tertiary/aromatic N) is 7. The number of ether oxygens (including phenoxy) is 1. The van der Waals surface area contributed by atoms with E-state index in [1.165, 1.54) is 0 Å². The predicted octanol–water partition coefficient (Wildman–Crippen LogP) is 6.61. The molecule has 0 radical (unpaired) electrons. The summed E-state index contributed by atoms with van der Waals surface area (Å²) in [5.41, 5.74) is 5.60. The van der Waals surface area contributed by atoms with Gasteiger partial charge in [-0.3, -0.25) is 14.6 Å². The molecule has 0 spiro atoms. The molecular weight excluding hydrogens is 632 g/mol. The molecule has 4 aromatic rings. The highest BCUT2D eigenvalue weighted by Crippen LogP contribution is 2.37. The number of halogens is 1. The largest absolute Gasteiger partial charge is 0.360 e. The van der Waals surface area contributed by atoms with Crippen LogP contribution in [0.15, 0.2) is 61.2 Å². The first-order valence-corrected chi connectivity index (χ1v) is 20.2. The highest BCUT2D eigenvalue weighted by Gasteiger charge is 2.31. The molecule has 0 fully saturated rings. The van der Waals surface area contributed by atoms with Crippen LogP contribution in [0, 0.1) is 5.92 Å². The van der Waals surface area contributed by atoms with E-state index in [1.807, 2.05) is 36.1 Å². The van der Waals surface area contributed by atoms with Crippen molar-refractivity contribution in [3.05, 3.63) is 77.5 Å². The van der Waals surface area contributed by atoms with Gasteiger partial charge >= 0.3 is 0 Å². The molecule has 6 rings (SSSR count). The first-order chi connectivity index (χ1) is 22.6. The molecule has 1 unspecified atom stereocenters. The average molecular weight is 673 g/mol. The molecule has 2 atom stereocenters. The Bertz CT molecular complexity index is 1780. The summed E-state index contributed by atoms with van der Waals surface area (Å²) < 4.78 is 9.53. The molecule has 0 saturated heterocycles. The van der Waals surface area contributed by atoms with Crippen LogP contribution >= 0.6 is 11.6 Å². The minimum absolute atomic E-state index is 0.0526. The first-order valence-electron chi connectivity index (χ1n) is 16.2. The Labute approximate surface area is 281 Å². The SMILES string of the molecule is C[C@@H]1CCCC(N2CCC(c3cc(Cl)ccc3-n3ccnn3)=CC2=O)c2cc(ccn2)-c2c(cnn2COCC[Si](C)(C)C)NC1=O. The van der Waals surface area contributed by atoms with Crippen molar-refractivity contribution in [3.8, 4) is 16.9 Å². The number of hydrogen-bond acceptors (Lipinski definition) is 7. The van der Waals surface area contributed by atoms with Gasteiger partial charge in [0.2, 0.25) is 11.8 Å². The number of anilines is 1. The van der Waals surface area contributed by atoms with Gasteiger partial charge in [0.25, 0.3) is 0 Å². The molecule has 246 valence electrons. The number of nitrogens with one attached hydrogen (secondary N) is 1. The number of amides is 2. The topological polar surface area (TPSA) is 120 Å². The minimum Gasteiger partial charge on any atom is -0.360 e. The molecule has 2 aliphatic rings. The third-order valence-electron chi connectivity index (χ3n) is 8.82. The third kappa shape index (κ3) is 7.55. The van der Waals surface area contributed by atoms with Crippen LogP contribution in [-0.4, -0.2) is 67.7 Å².